The number of nitrogens with one attached hydrogen (secondary N) is 2. The van der Waals surface area contributed by atoms with Gasteiger partial charge in [0.05, 0.1) is 11.4 Å². The molecule has 1 fully saturated rings. The number of cyclic esters (lactones) is 1. The normalized spacial score (nSPS) is 16.9. The standard InChI is InChI=1S/C18H19N3O5S/c1-13(22)20-14-7-9-17(10-8-14)27(24,25)19-11-16-12-21(18(23)26-16)15-5-3-2-4-6-15/h2-10,16,19H,11-12H2,1H3,(H,20,22). The Labute approximate surface area is 157 Å². The van der Waals surface area contributed by atoms with E-state index in [0.717, 1.165) is 0 Å². The first-order chi connectivity index (χ1) is 12.8. The SMILES string of the molecule is CC(=O)Nc1ccc(S(=O)(=O)NCC2CN(c3ccccc3)C(=O)O2)cc1. The molecule has 0 spiro atoms. The first-order valence-electron chi connectivity index (χ1n) is 8.26. The average molecular weight is 389 g/mol. The van der Waals surface area contributed by atoms with Crippen LogP contribution in [-0.2, 0) is 19.6 Å². The maximum Gasteiger partial charge on any atom is 0.414 e. The van der Waals surface area contributed by atoms with Crippen LogP contribution in [0.15, 0.2) is 59.5 Å². The molecule has 2 N–H and O–H groups in total. The van der Waals surface area contributed by atoms with E-state index in [1.165, 1.54) is 36.1 Å². The lowest BCUT2D eigenvalue weighted by molar-refractivity contribution is -0.114. The maximum absolute atomic E-state index is 12.4. The van der Waals surface area contributed by atoms with Crippen LogP contribution in [0.2, 0.25) is 0 Å². The Morgan fingerprint density at radius 2 is 1.81 bits per heavy atom. The van der Waals surface area contributed by atoms with Crippen molar-refractivity contribution in [3.8, 4) is 0 Å². The number of carbonyl (C=O) groups is 2. The quantitative estimate of drug-likeness (QED) is 0.786. The predicted molar refractivity (Wildman–Crippen MR) is 100.0 cm³/mol. The Balaban J connectivity index is 1.61. The molecule has 3 rings (SSSR count). The highest BCUT2D eigenvalue weighted by molar-refractivity contribution is 7.89. The number of carbonyl (C=O) groups excluding carboxylic acids is 2. The van der Waals surface area contributed by atoms with Gasteiger partial charge in [-0.3, -0.25) is 9.69 Å². The third-order valence-electron chi connectivity index (χ3n) is 3.93. The predicted octanol–water partition coefficient (Wildman–Crippen LogP) is 1.95. The summed E-state index contributed by atoms with van der Waals surface area (Å²) in [6.45, 7) is 1.59. The monoisotopic (exact) mass is 389 g/mol. The van der Waals surface area contributed by atoms with Crippen molar-refractivity contribution < 1.29 is 22.7 Å². The van der Waals surface area contributed by atoms with E-state index >= 15 is 0 Å². The minimum absolute atomic E-state index is 0.0369. The number of hydrogen-bond acceptors (Lipinski definition) is 5. The number of ether oxygens (including phenoxy) is 1. The van der Waals surface area contributed by atoms with E-state index in [-0.39, 0.29) is 23.9 Å². The zero-order valence-corrected chi connectivity index (χ0v) is 15.4. The van der Waals surface area contributed by atoms with E-state index in [1.54, 1.807) is 12.1 Å². The molecule has 1 aliphatic rings. The second-order valence-corrected chi connectivity index (χ2v) is 7.78. The Hall–Kier alpha value is -2.91. The molecule has 0 aromatic heterocycles. The van der Waals surface area contributed by atoms with Gasteiger partial charge in [-0.1, -0.05) is 18.2 Å². The fraction of sp³-hybridized carbons (Fsp3) is 0.222. The molecule has 0 aliphatic carbocycles. The number of benzene rings is 2. The molecule has 2 aromatic rings. The molecule has 1 aliphatic heterocycles. The molecule has 1 heterocycles. The van der Waals surface area contributed by atoms with Crippen molar-refractivity contribution in [2.75, 3.05) is 23.3 Å². The topological polar surface area (TPSA) is 105 Å². The third-order valence-corrected chi connectivity index (χ3v) is 5.37. The molecule has 27 heavy (non-hydrogen) atoms. The van der Waals surface area contributed by atoms with E-state index in [2.05, 4.69) is 10.0 Å². The summed E-state index contributed by atoms with van der Waals surface area (Å²) in [7, 11) is -3.77. The summed E-state index contributed by atoms with van der Waals surface area (Å²) < 4.78 is 32.5. The fourth-order valence-corrected chi connectivity index (χ4v) is 3.72. The van der Waals surface area contributed by atoms with Crippen LogP contribution in [0.4, 0.5) is 16.2 Å². The van der Waals surface area contributed by atoms with Crippen molar-refractivity contribution in [3.05, 3.63) is 54.6 Å². The second-order valence-electron chi connectivity index (χ2n) is 6.01. The van der Waals surface area contributed by atoms with E-state index in [4.69, 9.17) is 4.74 Å². The summed E-state index contributed by atoms with van der Waals surface area (Å²) in [5.74, 6) is -0.241. The summed E-state index contributed by atoms with van der Waals surface area (Å²) in [4.78, 5) is 24.5. The van der Waals surface area contributed by atoms with Crippen molar-refractivity contribution in [1.29, 1.82) is 0 Å². The highest BCUT2D eigenvalue weighted by Gasteiger charge is 2.33. The molecule has 142 valence electrons. The Morgan fingerprint density at radius 1 is 1.15 bits per heavy atom. The number of sulfonamides is 1. The number of nitrogens with zero attached hydrogens (tertiary/aromatic N) is 1. The van der Waals surface area contributed by atoms with Gasteiger partial charge in [-0.2, -0.15) is 0 Å². The zero-order chi connectivity index (χ0) is 19.4. The second kappa shape index (κ2) is 7.77. The van der Waals surface area contributed by atoms with Crippen LogP contribution in [0.25, 0.3) is 0 Å². The fourth-order valence-electron chi connectivity index (χ4n) is 2.65. The molecular weight excluding hydrogens is 370 g/mol. The van der Waals surface area contributed by atoms with Gasteiger partial charge >= 0.3 is 6.09 Å². The highest BCUT2D eigenvalue weighted by Crippen LogP contribution is 2.21. The van der Waals surface area contributed by atoms with Crippen molar-refractivity contribution in [3.63, 3.8) is 0 Å². The minimum Gasteiger partial charge on any atom is -0.443 e. The number of rotatable bonds is 6. The van der Waals surface area contributed by atoms with Crippen LogP contribution in [0.5, 0.6) is 0 Å². The van der Waals surface area contributed by atoms with Gasteiger partial charge in [0.1, 0.15) is 6.10 Å². The van der Waals surface area contributed by atoms with E-state index in [1.807, 2.05) is 18.2 Å². The zero-order valence-electron chi connectivity index (χ0n) is 14.6. The maximum atomic E-state index is 12.4. The van der Waals surface area contributed by atoms with Crippen LogP contribution >= 0.6 is 0 Å². The lowest BCUT2D eigenvalue weighted by Gasteiger charge is -2.13. The molecule has 8 nitrogen and oxygen atoms in total. The van der Waals surface area contributed by atoms with Crippen LogP contribution in [0.3, 0.4) is 0 Å². The number of amides is 2. The van der Waals surface area contributed by atoms with Gasteiger partial charge in [0.2, 0.25) is 15.9 Å². The lowest BCUT2D eigenvalue weighted by atomic mass is 10.3. The van der Waals surface area contributed by atoms with E-state index < -0.39 is 22.2 Å². The molecule has 9 heteroatoms. The molecule has 2 amide bonds. The minimum atomic E-state index is -3.77. The van der Waals surface area contributed by atoms with E-state index in [0.29, 0.717) is 11.4 Å². The first kappa shape index (κ1) is 18.9. The Kier molecular flexibility index (Phi) is 5.43. The van der Waals surface area contributed by atoms with Crippen molar-refractivity contribution >= 4 is 33.4 Å². The molecule has 0 radical (unpaired) electrons. The Bertz CT molecular complexity index is 929. The summed E-state index contributed by atoms with van der Waals surface area (Å²) in [5.41, 5.74) is 1.20. The molecule has 0 bridgehead atoms. The van der Waals surface area contributed by atoms with Crippen molar-refractivity contribution in [1.82, 2.24) is 4.72 Å². The summed E-state index contributed by atoms with van der Waals surface area (Å²) in [6.07, 6.45) is -1.10. The van der Waals surface area contributed by atoms with Crippen LogP contribution < -0.4 is 14.9 Å². The van der Waals surface area contributed by atoms with Gasteiger partial charge in [-0.25, -0.2) is 17.9 Å². The van der Waals surface area contributed by atoms with Gasteiger partial charge in [0, 0.05) is 24.8 Å². The van der Waals surface area contributed by atoms with Crippen molar-refractivity contribution in [2.45, 2.75) is 17.9 Å². The number of anilines is 2. The highest BCUT2D eigenvalue weighted by atomic mass is 32.2. The summed E-state index contributed by atoms with van der Waals surface area (Å²) >= 11 is 0. The van der Waals surface area contributed by atoms with Crippen LogP contribution in [-0.4, -0.2) is 39.6 Å². The largest absolute Gasteiger partial charge is 0.443 e. The first-order valence-corrected chi connectivity index (χ1v) is 9.74. The molecule has 2 aromatic carbocycles. The summed E-state index contributed by atoms with van der Waals surface area (Å²) in [6, 6.07) is 14.8. The average Bonchev–Trinajstić information content (AvgIpc) is 3.02. The number of para-hydroxylation sites is 1. The van der Waals surface area contributed by atoms with E-state index in [9.17, 15) is 18.0 Å². The molecule has 1 unspecified atom stereocenters. The molecule has 1 saturated heterocycles. The smallest absolute Gasteiger partial charge is 0.414 e. The molecule has 1 atom stereocenters. The van der Waals surface area contributed by atoms with Gasteiger partial charge in [0.25, 0.3) is 0 Å². The lowest BCUT2D eigenvalue weighted by Crippen LogP contribution is -2.34. The van der Waals surface area contributed by atoms with Crippen LogP contribution in [0, 0.1) is 0 Å². The van der Waals surface area contributed by atoms with Gasteiger partial charge in [-0.05, 0) is 36.4 Å². The van der Waals surface area contributed by atoms with Gasteiger partial charge in [0.15, 0.2) is 0 Å². The Morgan fingerprint density at radius 3 is 2.44 bits per heavy atom. The van der Waals surface area contributed by atoms with Gasteiger partial charge < -0.3 is 10.1 Å². The number of hydrogen-bond donors (Lipinski definition) is 2. The van der Waals surface area contributed by atoms with Gasteiger partial charge in [-0.15, -0.1) is 0 Å². The van der Waals surface area contributed by atoms with Crippen molar-refractivity contribution in [2.24, 2.45) is 0 Å². The van der Waals surface area contributed by atoms with Crippen LogP contribution in [0.1, 0.15) is 6.92 Å². The molecular formula is C18H19N3O5S. The summed E-state index contributed by atoms with van der Waals surface area (Å²) in [5, 5.41) is 2.57. The molecule has 0 saturated carbocycles. The third kappa shape index (κ3) is 4.63.